The SMILES string of the molecule is CC(C)CC(CO)NC(=O)c1cccc2c1OCCN2. The van der Waals surface area contributed by atoms with Crippen LogP contribution in [0.15, 0.2) is 18.2 Å². The quantitative estimate of drug-likeness (QED) is 0.765. The maximum atomic E-state index is 12.3. The summed E-state index contributed by atoms with van der Waals surface area (Å²) in [5.74, 6) is 0.804. The van der Waals surface area contributed by atoms with E-state index < -0.39 is 0 Å². The second-order valence-corrected chi connectivity index (χ2v) is 5.44. The summed E-state index contributed by atoms with van der Waals surface area (Å²) in [6.45, 7) is 5.36. The van der Waals surface area contributed by atoms with Crippen molar-refractivity contribution in [2.75, 3.05) is 25.1 Å². The predicted octanol–water partition coefficient (Wildman–Crippen LogP) is 1.63. The normalized spacial score (nSPS) is 15.0. The lowest BCUT2D eigenvalue weighted by Crippen LogP contribution is -2.38. The van der Waals surface area contributed by atoms with E-state index in [9.17, 15) is 9.90 Å². The Hall–Kier alpha value is -1.75. The maximum Gasteiger partial charge on any atom is 0.255 e. The number of benzene rings is 1. The van der Waals surface area contributed by atoms with Gasteiger partial charge in [-0.1, -0.05) is 19.9 Å². The summed E-state index contributed by atoms with van der Waals surface area (Å²) in [6, 6.07) is 5.23. The van der Waals surface area contributed by atoms with E-state index in [0.29, 0.717) is 23.8 Å². The predicted molar refractivity (Wildman–Crippen MR) is 78.2 cm³/mol. The fourth-order valence-electron chi connectivity index (χ4n) is 2.36. The van der Waals surface area contributed by atoms with Crippen LogP contribution in [-0.2, 0) is 0 Å². The molecule has 3 N–H and O–H groups in total. The second kappa shape index (κ2) is 6.61. The number of anilines is 1. The number of aliphatic hydroxyl groups is 1. The molecule has 0 spiro atoms. The van der Waals surface area contributed by atoms with Gasteiger partial charge in [-0.3, -0.25) is 4.79 Å². The molecule has 1 aromatic rings. The van der Waals surface area contributed by atoms with Gasteiger partial charge in [0.25, 0.3) is 5.91 Å². The summed E-state index contributed by atoms with van der Waals surface area (Å²) in [6.07, 6.45) is 0.746. The summed E-state index contributed by atoms with van der Waals surface area (Å²) >= 11 is 0. The van der Waals surface area contributed by atoms with Crippen molar-refractivity contribution in [2.45, 2.75) is 26.3 Å². The van der Waals surface area contributed by atoms with E-state index in [1.807, 2.05) is 12.1 Å². The zero-order valence-corrected chi connectivity index (χ0v) is 12.0. The number of hydrogen-bond donors (Lipinski definition) is 3. The molecule has 1 aromatic carbocycles. The maximum absolute atomic E-state index is 12.3. The molecule has 110 valence electrons. The van der Waals surface area contributed by atoms with Crippen LogP contribution in [0.5, 0.6) is 5.75 Å². The Morgan fingerprint density at radius 1 is 1.50 bits per heavy atom. The van der Waals surface area contributed by atoms with Gasteiger partial charge in [0.05, 0.1) is 23.9 Å². The molecule has 1 atom stereocenters. The number of carbonyl (C=O) groups is 1. The number of rotatable bonds is 5. The van der Waals surface area contributed by atoms with Gasteiger partial charge in [-0.25, -0.2) is 0 Å². The van der Waals surface area contributed by atoms with Crippen LogP contribution in [0, 0.1) is 5.92 Å². The average molecular weight is 278 g/mol. The first-order valence-electron chi connectivity index (χ1n) is 7.03. The van der Waals surface area contributed by atoms with Gasteiger partial charge in [-0.05, 0) is 24.5 Å². The van der Waals surface area contributed by atoms with Crippen molar-refractivity contribution in [1.29, 1.82) is 0 Å². The molecular formula is C15H22N2O3. The van der Waals surface area contributed by atoms with E-state index >= 15 is 0 Å². The van der Waals surface area contributed by atoms with Crippen LogP contribution in [0.1, 0.15) is 30.6 Å². The van der Waals surface area contributed by atoms with Crippen molar-refractivity contribution in [3.8, 4) is 5.75 Å². The molecule has 0 aliphatic carbocycles. The van der Waals surface area contributed by atoms with E-state index in [0.717, 1.165) is 18.7 Å². The largest absolute Gasteiger partial charge is 0.489 e. The van der Waals surface area contributed by atoms with Gasteiger partial charge in [0.15, 0.2) is 5.75 Å². The van der Waals surface area contributed by atoms with Gasteiger partial charge in [-0.15, -0.1) is 0 Å². The van der Waals surface area contributed by atoms with E-state index in [2.05, 4.69) is 24.5 Å². The number of para-hydroxylation sites is 1. The van der Waals surface area contributed by atoms with Crippen molar-refractivity contribution >= 4 is 11.6 Å². The minimum atomic E-state index is -0.227. The Morgan fingerprint density at radius 2 is 2.30 bits per heavy atom. The first kappa shape index (κ1) is 14.7. The minimum Gasteiger partial charge on any atom is -0.489 e. The van der Waals surface area contributed by atoms with Crippen molar-refractivity contribution < 1.29 is 14.6 Å². The third kappa shape index (κ3) is 3.42. The lowest BCUT2D eigenvalue weighted by atomic mass is 10.0. The van der Waals surface area contributed by atoms with Crippen LogP contribution in [0.2, 0.25) is 0 Å². The lowest BCUT2D eigenvalue weighted by molar-refractivity contribution is 0.0904. The van der Waals surface area contributed by atoms with Gasteiger partial charge < -0.3 is 20.5 Å². The molecule has 1 aliphatic rings. The number of aliphatic hydroxyl groups excluding tert-OH is 1. The monoisotopic (exact) mass is 278 g/mol. The molecule has 2 rings (SSSR count). The average Bonchev–Trinajstić information content (AvgIpc) is 2.45. The van der Waals surface area contributed by atoms with Crippen LogP contribution < -0.4 is 15.4 Å². The first-order valence-corrected chi connectivity index (χ1v) is 7.03. The lowest BCUT2D eigenvalue weighted by Gasteiger charge is -2.23. The fraction of sp³-hybridized carbons (Fsp3) is 0.533. The van der Waals surface area contributed by atoms with Crippen LogP contribution in [-0.4, -0.2) is 36.8 Å². The molecule has 1 unspecified atom stereocenters. The van der Waals surface area contributed by atoms with Crippen LogP contribution in [0.3, 0.4) is 0 Å². The molecule has 0 radical (unpaired) electrons. The number of hydrogen-bond acceptors (Lipinski definition) is 4. The molecule has 1 aliphatic heterocycles. The van der Waals surface area contributed by atoms with E-state index in [1.165, 1.54) is 0 Å². The molecule has 5 nitrogen and oxygen atoms in total. The van der Waals surface area contributed by atoms with Crippen LogP contribution in [0.4, 0.5) is 5.69 Å². The highest BCUT2D eigenvalue weighted by Crippen LogP contribution is 2.31. The van der Waals surface area contributed by atoms with Gasteiger partial charge in [0.2, 0.25) is 0 Å². The van der Waals surface area contributed by atoms with Crippen molar-refractivity contribution in [3.05, 3.63) is 23.8 Å². The van der Waals surface area contributed by atoms with Crippen LogP contribution in [0.25, 0.3) is 0 Å². The highest BCUT2D eigenvalue weighted by atomic mass is 16.5. The summed E-state index contributed by atoms with van der Waals surface area (Å²) < 4.78 is 5.59. The second-order valence-electron chi connectivity index (χ2n) is 5.44. The molecule has 20 heavy (non-hydrogen) atoms. The molecule has 0 saturated heterocycles. The summed E-state index contributed by atoms with van der Waals surface area (Å²) in [4.78, 5) is 12.3. The smallest absolute Gasteiger partial charge is 0.255 e. The van der Waals surface area contributed by atoms with Crippen molar-refractivity contribution in [2.24, 2.45) is 5.92 Å². The number of carbonyl (C=O) groups excluding carboxylic acids is 1. The topological polar surface area (TPSA) is 70.6 Å². The van der Waals surface area contributed by atoms with E-state index in [4.69, 9.17) is 4.74 Å². The molecule has 5 heteroatoms. The number of nitrogens with one attached hydrogen (secondary N) is 2. The third-order valence-corrected chi connectivity index (χ3v) is 3.24. The first-order chi connectivity index (χ1) is 9.61. The Bertz CT molecular complexity index is 474. The van der Waals surface area contributed by atoms with Gasteiger partial charge in [0, 0.05) is 6.54 Å². The van der Waals surface area contributed by atoms with Crippen LogP contribution >= 0.6 is 0 Å². The molecule has 0 aromatic heterocycles. The zero-order valence-electron chi connectivity index (χ0n) is 12.0. The van der Waals surface area contributed by atoms with Crippen molar-refractivity contribution in [1.82, 2.24) is 5.32 Å². The minimum absolute atomic E-state index is 0.0575. The number of amides is 1. The number of fused-ring (bicyclic) bond motifs is 1. The summed E-state index contributed by atoms with van der Waals surface area (Å²) in [5, 5.41) is 15.4. The third-order valence-electron chi connectivity index (χ3n) is 3.24. The molecule has 1 heterocycles. The number of ether oxygens (including phenoxy) is 1. The Labute approximate surface area is 119 Å². The van der Waals surface area contributed by atoms with Gasteiger partial charge in [-0.2, -0.15) is 0 Å². The zero-order chi connectivity index (χ0) is 14.5. The molecular weight excluding hydrogens is 256 g/mol. The van der Waals surface area contributed by atoms with Gasteiger partial charge >= 0.3 is 0 Å². The van der Waals surface area contributed by atoms with Gasteiger partial charge in [0.1, 0.15) is 6.61 Å². The molecule has 1 amide bonds. The highest BCUT2D eigenvalue weighted by molar-refractivity contribution is 5.99. The summed E-state index contributed by atoms with van der Waals surface area (Å²) in [5.41, 5.74) is 1.35. The fourth-order valence-corrected chi connectivity index (χ4v) is 2.36. The summed E-state index contributed by atoms with van der Waals surface area (Å²) in [7, 11) is 0. The molecule has 0 bridgehead atoms. The molecule has 0 saturated carbocycles. The van der Waals surface area contributed by atoms with E-state index in [-0.39, 0.29) is 18.6 Å². The molecule has 0 fully saturated rings. The Morgan fingerprint density at radius 3 is 3.00 bits per heavy atom. The highest BCUT2D eigenvalue weighted by Gasteiger charge is 2.21. The van der Waals surface area contributed by atoms with E-state index in [1.54, 1.807) is 6.07 Å². The standard InChI is InChI=1S/C15H22N2O3/c1-10(2)8-11(9-18)17-15(19)12-4-3-5-13-14(12)20-7-6-16-13/h3-5,10-11,16,18H,6-9H2,1-2H3,(H,17,19). The Balaban J connectivity index is 2.13. The van der Waals surface area contributed by atoms with Crippen molar-refractivity contribution in [3.63, 3.8) is 0 Å². The Kier molecular flexibility index (Phi) is 4.84.